The normalized spacial score (nSPS) is 18.5. The van der Waals surface area contributed by atoms with Gasteiger partial charge < -0.3 is 9.47 Å². The maximum Gasteiger partial charge on any atom is 0.393 e. The lowest BCUT2D eigenvalue weighted by molar-refractivity contribution is -0.172. The Morgan fingerprint density at radius 3 is 2.50 bits per heavy atom. The van der Waals surface area contributed by atoms with Crippen LogP contribution in [-0.4, -0.2) is 29.3 Å². The topological polar surface area (TPSA) is 21.1 Å². The van der Waals surface area contributed by atoms with E-state index in [1.54, 1.807) is 36.9 Å². The number of rotatable bonds is 1. The van der Waals surface area contributed by atoms with Gasteiger partial charge in [0.15, 0.2) is 0 Å². The predicted molar refractivity (Wildman–Crippen MR) is 75.1 cm³/mol. The van der Waals surface area contributed by atoms with Gasteiger partial charge in [0.25, 0.3) is 0 Å². The molecule has 0 saturated heterocycles. The van der Waals surface area contributed by atoms with E-state index in [2.05, 4.69) is 4.98 Å². The summed E-state index contributed by atoms with van der Waals surface area (Å²) in [6, 6.07) is 6.12. The molecule has 2 heterocycles. The highest BCUT2D eigenvalue weighted by atomic mass is 19.4. The number of imidazole rings is 1. The van der Waals surface area contributed by atoms with Crippen molar-refractivity contribution in [1.82, 2.24) is 9.55 Å². The van der Waals surface area contributed by atoms with Crippen LogP contribution < -0.4 is 4.90 Å². The van der Waals surface area contributed by atoms with Crippen molar-refractivity contribution in [2.45, 2.75) is 12.6 Å². The van der Waals surface area contributed by atoms with E-state index in [9.17, 15) is 17.6 Å². The number of hydrogen-bond donors (Lipinski definition) is 0. The van der Waals surface area contributed by atoms with Gasteiger partial charge in [0.05, 0.1) is 17.2 Å². The zero-order chi connectivity index (χ0) is 16.1. The van der Waals surface area contributed by atoms with E-state index in [0.29, 0.717) is 17.3 Å². The fourth-order valence-electron chi connectivity index (χ4n) is 2.98. The van der Waals surface area contributed by atoms with Crippen molar-refractivity contribution in [3.8, 4) is 11.4 Å². The average molecular weight is 313 g/mol. The summed E-state index contributed by atoms with van der Waals surface area (Å²) in [6.07, 6.45) is -4.44. The van der Waals surface area contributed by atoms with Crippen molar-refractivity contribution < 1.29 is 17.6 Å². The zero-order valence-corrected chi connectivity index (χ0v) is 12.2. The zero-order valence-electron chi connectivity index (χ0n) is 12.2. The molecule has 1 aliphatic rings. The fraction of sp³-hybridized carbons (Fsp3) is 0.400. The second kappa shape index (κ2) is 5.00. The summed E-state index contributed by atoms with van der Waals surface area (Å²) in [7, 11) is 3.29. The monoisotopic (exact) mass is 313 g/mol. The molecular weight excluding hydrogens is 298 g/mol. The minimum atomic E-state index is -4.26. The second-order valence-corrected chi connectivity index (χ2v) is 5.57. The fourth-order valence-corrected chi connectivity index (χ4v) is 2.98. The maximum absolute atomic E-state index is 13.9. The summed E-state index contributed by atoms with van der Waals surface area (Å²) >= 11 is 0. The van der Waals surface area contributed by atoms with Crippen molar-refractivity contribution in [3.63, 3.8) is 0 Å². The molecule has 3 rings (SSSR count). The van der Waals surface area contributed by atoms with Gasteiger partial charge in [-0.3, -0.25) is 0 Å². The van der Waals surface area contributed by atoms with Crippen LogP contribution in [0.3, 0.4) is 0 Å². The first-order valence-corrected chi connectivity index (χ1v) is 6.87. The lowest BCUT2D eigenvalue weighted by atomic mass is 9.98. The van der Waals surface area contributed by atoms with Gasteiger partial charge in [0, 0.05) is 27.1 Å². The van der Waals surface area contributed by atoms with Crippen LogP contribution in [0.4, 0.5) is 23.4 Å². The summed E-state index contributed by atoms with van der Waals surface area (Å²) in [5.74, 6) is -0.937. The molecule has 1 aromatic heterocycles. The number of fused-ring (bicyclic) bond motifs is 1. The van der Waals surface area contributed by atoms with Crippen molar-refractivity contribution in [2.75, 3.05) is 18.5 Å². The summed E-state index contributed by atoms with van der Waals surface area (Å²) in [6.45, 7) is -0.118. The third kappa shape index (κ3) is 2.34. The van der Waals surface area contributed by atoms with Crippen molar-refractivity contribution in [3.05, 3.63) is 35.8 Å². The number of alkyl halides is 3. The van der Waals surface area contributed by atoms with E-state index in [-0.39, 0.29) is 18.5 Å². The number of nitrogens with zero attached hydrogens (tertiary/aromatic N) is 3. The molecule has 1 unspecified atom stereocenters. The molecular formula is C15H15F4N3. The van der Waals surface area contributed by atoms with Gasteiger partial charge in [-0.15, -0.1) is 0 Å². The molecule has 0 bridgehead atoms. The molecule has 1 atom stereocenters. The molecule has 0 N–H and O–H groups in total. The molecule has 0 spiro atoms. The quantitative estimate of drug-likeness (QED) is 0.753. The van der Waals surface area contributed by atoms with Gasteiger partial charge in [0.2, 0.25) is 0 Å². The Labute approximate surface area is 125 Å². The molecule has 0 saturated carbocycles. The van der Waals surface area contributed by atoms with E-state index < -0.39 is 17.9 Å². The Kier molecular flexibility index (Phi) is 3.38. The largest absolute Gasteiger partial charge is 0.393 e. The molecule has 1 aliphatic heterocycles. The van der Waals surface area contributed by atoms with Crippen molar-refractivity contribution >= 4 is 5.82 Å². The van der Waals surface area contributed by atoms with Gasteiger partial charge in [-0.05, 0) is 12.1 Å². The Morgan fingerprint density at radius 1 is 1.18 bits per heavy atom. The molecule has 7 heteroatoms. The Hall–Kier alpha value is -2.05. The molecule has 22 heavy (non-hydrogen) atoms. The highest BCUT2D eigenvalue weighted by molar-refractivity contribution is 5.63. The molecule has 0 fully saturated rings. The lowest BCUT2D eigenvalue weighted by Gasteiger charge is -2.32. The van der Waals surface area contributed by atoms with Gasteiger partial charge in [-0.1, -0.05) is 12.1 Å². The van der Waals surface area contributed by atoms with Crippen LogP contribution in [0.15, 0.2) is 24.3 Å². The number of benzene rings is 1. The summed E-state index contributed by atoms with van der Waals surface area (Å²) in [4.78, 5) is 5.81. The Balaban J connectivity index is 2.07. The molecule has 0 amide bonds. The minimum Gasteiger partial charge on any atom is -0.359 e. The predicted octanol–water partition coefficient (Wildman–Crippen LogP) is 3.40. The SMILES string of the molecule is CN1CC(C(F)(F)F)Cc2nc(-c3ccccc3F)n(C)c21. The number of hydrogen-bond acceptors (Lipinski definition) is 2. The standard InChI is InChI=1S/C15H15F4N3/c1-21-8-9(15(17,18)19)7-12-14(21)22(2)13(20-12)10-5-3-4-6-11(10)16/h3-6,9H,7-8H2,1-2H3. The van der Waals surface area contributed by atoms with Crippen LogP contribution in [0, 0.1) is 11.7 Å². The van der Waals surface area contributed by atoms with Crippen molar-refractivity contribution in [2.24, 2.45) is 13.0 Å². The summed E-state index contributed by atoms with van der Waals surface area (Å²) in [5.41, 5.74) is 0.646. The summed E-state index contributed by atoms with van der Waals surface area (Å²) < 4.78 is 54.5. The highest BCUT2D eigenvalue weighted by Gasteiger charge is 2.44. The molecule has 118 valence electrons. The van der Waals surface area contributed by atoms with E-state index in [4.69, 9.17) is 0 Å². The molecule has 3 nitrogen and oxygen atoms in total. The lowest BCUT2D eigenvalue weighted by Crippen LogP contribution is -2.40. The van der Waals surface area contributed by atoms with E-state index >= 15 is 0 Å². The smallest absolute Gasteiger partial charge is 0.359 e. The van der Waals surface area contributed by atoms with Gasteiger partial charge in [-0.2, -0.15) is 13.2 Å². The van der Waals surface area contributed by atoms with Crippen LogP contribution in [-0.2, 0) is 13.5 Å². The first kappa shape index (κ1) is 14.9. The number of halogens is 4. The Morgan fingerprint density at radius 2 is 1.86 bits per heavy atom. The average Bonchev–Trinajstić information content (AvgIpc) is 2.76. The molecule has 1 aromatic carbocycles. The molecule has 0 radical (unpaired) electrons. The summed E-state index contributed by atoms with van der Waals surface area (Å²) in [5, 5.41) is 0. The highest BCUT2D eigenvalue weighted by Crippen LogP contribution is 2.38. The first-order valence-electron chi connectivity index (χ1n) is 6.87. The van der Waals surface area contributed by atoms with Gasteiger partial charge >= 0.3 is 6.18 Å². The van der Waals surface area contributed by atoms with E-state index in [0.717, 1.165) is 0 Å². The maximum atomic E-state index is 13.9. The van der Waals surface area contributed by atoms with Crippen LogP contribution in [0.25, 0.3) is 11.4 Å². The second-order valence-electron chi connectivity index (χ2n) is 5.57. The number of anilines is 1. The van der Waals surface area contributed by atoms with Gasteiger partial charge in [-0.25, -0.2) is 9.37 Å². The molecule has 0 aliphatic carbocycles. The van der Waals surface area contributed by atoms with Gasteiger partial charge in [0.1, 0.15) is 17.5 Å². The minimum absolute atomic E-state index is 0.118. The van der Waals surface area contributed by atoms with E-state index in [1.807, 2.05) is 0 Å². The third-order valence-corrected chi connectivity index (χ3v) is 4.01. The van der Waals surface area contributed by atoms with Crippen LogP contribution in [0.5, 0.6) is 0 Å². The van der Waals surface area contributed by atoms with Crippen LogP contribution >= 0.6 is 0 Å². The van der Waals surface area contributed by atoms with Crippen LogP contribution in [0.2, 0.25) is 0 Å². The van der Waals surface area contributed by atoms with E-state index in [1.165, 1.54) is 11.0 Å². The van der Waals surface area contributed by atoms with Crippen LogP contribution in [0.1, 0.15) is 5.69 Å². The number of aromatic nitrogens is 2. The Bertz CT molecular complexity index is 705. The van der Waals surface area contributed by atoms with Crippen molar-refractivity contribution in [1.29, 1.82) is 0 Å². The molecule has 2 aromatic rings. The first-order chi connectivity index (χ1) is 10.3. The third-order valence-electron chi connectivity index (χ3n) is 4.01.